The van der Waals surface area contributed by atoms with Crippen LogP contribution < -0.4 is 0 Å². The molecule has 4 rings (SSSR count). The molecular weight excluding hydrogens is 362 g/mol. The molecule has 0 saturated carbocycles. The number of aromatic nitrogens is 3. The molecule has 1 fully saturated rings. The topological polar surface area (TPSA) is 71.3 Å². The van der Waals surface area contributed by atoms with Gasteiger partial charge in [-0.1, -0.05) is 0 Å². The van der Waals surface area contributed by atoms with Crippen LogP contribution in [0.4, 0.5) is 0 Å². The number of rotatable bonds is 3. The number of amides is 2. The molecule has 144 valence electrons. The van der Waals surface area contributed by atoms with E-state index in [1.807, 2.05) is 26.6 Å². The lowest BCUT2D eigenvalue weighted by Gasteiger charge is -2.31. The number of piperidine rings is 1. The summed E-state index contributed by atoms with van der Waals surface area (Å²) < 4.78 is 2.21. The van der Waals surface area contributed by atoms with Gasteiger partial charge in [-0.3, -0.25) is 9.59 Å². The molecule has 7 nitrogen and oxygen atoms in total. The van der Waals surface area contributed by atoms with E-state index in [1.165, 1.54) is 0 Å². The van der Waals surface area contributed by atoms with E-state index in [-0.39, 0.29) is 11.8 Å². The van der Waals surface area contributed by atoms with E-state index in [0.717, 1.165) is 56.1 Å². The molecule has 0 N–H and O–H groups in total. The van der Waals surface area contributed by atoms with Crippen LogP contribution in [-0.4, -0.2) is 62.6 Å². The first-order chi connectivity index (χ1) is 13.1. The highest BCUT2D eigenvalue weighted by Gasteiger charge is 2.28. The van der Waals surface area contributed by atoms with Crippen molar-refractivity contribution in [2.24, 2.45) is 0 Å². The lowest BCUT2D eigenvalue weighted by atomic mass is 9.96. The minimum Gasteiger partial charge on any atom is -0.343 e. The molecule has 0 bridgehead atoms. The lowest BCUT2D eigenvalue weighted by molar-refractivity contribution is -0.130. The van der Waals surface area contributed by atoms with Gasteiger partial charge in [0.1, 0.15) is 11.6 Å². The van der Waals surface area contributed by atoms with Gasteiger partial charge in [-0.05, 0) is 35.2 Å². The average molecular weight is 388 g/mol. The predicted molar refractivity (Wildman–Crippen MR) is 103 cm³/mol. The number of hydrogen-bond acceptors (Lipinski definition) is 5. The van der Waals surface area contributed by atoms with Crippen molar-refractivity contribution in [2.45, 2.75) is 45.1 Å². The molecule has 27 heavy (non-hydrogen) atoms. The van der Waals surface area contributed by atoms with E-state index in [0.29, 0.717) is 25.4 Å². The summed E-state index contributed by atoms with van der Waals surface area (Å²) in [6.07, 6.45) is 3.08. The summed E-state index contributed by atoms with van der Waals surface area (Å²) in [5, 5.41) is 12.9. The van der Waals surface area contributed by atoms with Gasteiger partial charge in [0.2, 0.25) is 11.8 Å². The smallest absolute Gasteiger partial charge is 0.227 e. The van der Waals surface area contributed by atoms with Gasteiger partial charge in [0.15, 0.2) is 0 Å². The van der Waals surface area contributed by atoms with Crippen LogP contribution in [0.5, 0.6) is 0 Å². The maximum atomic E-state index is 12.6. The Morgan fingerprint density at radius 3 is 2.63 bits per heavy atom. The third-order valence-corrected chi connectivity index (χ3v) is 6.38. The monoisotopic (exact) mass is 387 g/mol. The summed E-state index contributed by atoms with van der Waals surface area (Å²) in [4.78, 5) is 28.0. The molecule has 0 radical (unpaired) electrons. The zero-order valence-corrected chi connectivity index (χ0v) is 16.5. The summed E-state index contributed by atoms with van der Waals surface area (Å²) in [5.74, 6) is 2.68. The molecular formula is C19H25N5O2S. The molecule has 2 aliphatic heterocycles. The second-order valence-electron chi connectivity index (χ2n) is 7.35. The molecule has 8 heteroatoms. The van der Waals surface area contributed by atoms with Gasteiger partial charge in [0.05, 0.1) is 6.42 Å². The largest absolute Gasteiger partial charge is 0.343 e. The second-order valence-corrected chi connectivity index (χ2v) is 8.13. The second kappa shape index (κ2) is 7.80. The lowest BCUT2D eigenvalue weighted by Crippen LogP contribution is -2.37. The third-order valence-electron chi connectivity index (χ3n) is 5.65. The van der Waals surface area contributed by atoms with Crippen molar-refractivity contribution in [3.05, 3.63) is 34.0 Å². The number of hydrogen-bond donors (Lipinski definition) is 0. The average Bonchev–Trinajstić information content (AvgIpc) is 3.27. The Hall–Kier alpha value is -2.22. The summed E-state index contributed by atoms with van der Waals surface area (Å²) in [5.41, 5.74) is 1.09. The van der Waals surface area contributed by atoms with Crippen LogP contribution in [0.25, 0.3) is 0 Å². The quantitative estimate of drug-likeness (QED) is 0.804. The highest BCUT2D eigenvalue weighted by molar-refractivity contribution is 7.08. The Morgan fingerprint density at radius 2 is 1.93 bits per heavy atom. The van der Waals surface area contributed by atoms with Crippen molar-refractivity contribution in [1.82, 2.24) is 24.6 Å². The normalized spacial score (nSPS) is 18.3. The molecule has 2 amide bonds. The summed E-state index contributed by atoms with van der Waals surface area (Å²) >= 11 is 1.63. The van der Waals surface area contributed by atoms with Crippen LogP contribution in [0.15, 0.2) is 16.8 Å². The van der Waals surface area contributed by atoms with Gasteiger partial charge >= 0.3 is 0 Å². The van der Waals surface area contributed by atoms with Gasteiger partial charge < -0.3 is 14.4 Å². The number of fused-ring (bicyclic) bond motifs is 1. The highest BCUT2D eigenvalue weighted by atomic mass is 32.1. The van der Waals surface area contributed by atoms with Crippen LogP contribution in [0.1, 0.15) is 42.9 Å². The predicted octanol–water partition coefficient (Wildman–Crippen LogP) is 1.69. The van der Waals surface area contributed by atoms with Crippen molar-refractivity contribution in [1.29, 1.82) is 0 Å². The Bertz CT molecular complexity index is 808. The summed E-state index contributed by atoms with van der Waals surface area (Å²) in [6, 6.07) is 2.01. The first-order valence-electron chi connectivity index (χ1n) is 9.58. The van der Waals surface area contributed by atoms with Gasteiger partial charge in [0, 0.05) is 52.0 Å². The molecule has 0 aromatic carbocycles. The molecule has 0 unspecified atom stereocenters. The Morgan fingerprint density at radius 1 is 1.11 bits per heavy atom. The molecule has 4 heterocycles. The molecule has 2 aromatic rings. The molecule has 2 aliphatic rings. The molecule has 0 atom stereocenters. The summed E-state index contributed by atoms with van der Waals surface area (Å²) in [6.45, 7) is 5.35. The van der Waals surface area contributed by atoms with Crippen LogP contribution in [0.3, 0.4) is 0 Å². The van der Waals surface area contributed by atoms with E-state index in [2.05, 4.69) is 14.8 Å². The maximum Gasteiger partial charge on any atom is 0.227 e. The minimum absolute atomic E-state index is 0.147. The van der Waals surface area contributed by atoms with Crippen molar-refractivity contribution >= 4 is 23.2 Å². The maximum absolute atomic E-state index is 12.6. The van der Waals surface area contributed by atoms with E-state index < -0.39 is 0 Å². The first kappa shape index (κ1) is 18.2. The molecule has 0 spiro atoms. The van der Waals surface area contributed by atoms with Crippen LogP contribution in [-0.2, 0) is 29.0 Å². The Labute approximate surface area is 163 Å². The van der Waals surface area contributed by atoms with Gasteiger partial charge in [0.25, 0.3) is 0 Å². The molecule has 2 aromatic heterocycles. The van der Waals surface area contributed by atoms with Crippen LogP contribution >= 0.6 is 11.3 Å². The zero-order valence-electron chi connectivity index (χ0n) is 15.6. The standard InChI is InChI=1S/C19H25N5O2S/c1-14(25)22-6-2-16(3-7-22)19-21-20-17-4-8-23(9-10-24(17)19)18(26)12-15-5-11-27-13-15/h5,11,13,16H,2-4,6-10,12H2,1H3. The van der Waals surface area contributed by atoms with Crippen molar-refractivity contribution < 1.29 is 9.59 Å². The SMILES string of the molecule is CC(=O)N1CCC(c2nnc3n2CCN(C(=O)Cc2ccsc2)CC3)CC1. The fraction of sp³-hybridized carbons (Fsp3) is 0.579. The molecule has 0 aliphatic carbocycles. The molecule has 1 saturated heterocycles. The number of thiophene rings is 1. The van der Waals surface area contributed by atoms with E-state index in [4.69, 9.17) is 0 Å². The fourth-order valence-corrected chi connectivity index (χ4v) is 4.70. The first-order valence-corrected chi connectivity index (χ1v) is 10.5. The minimum atomic E-state index is 0.147. The van der Waals surface area contributed by atoms with Gasteiger partial charge in [-0.2, -0.15) is 11.3 Å². The van der Waals surface area contributed by atoms with Crippen LogP contribution in [0, 0.1) is 0 Å². The number of likely N-dealkylation sites (tertiary alicyclic amines) is 1. The van der Waals surface area contributed by atoms with Crippen molar-refractivity contribution in [3.63, 3.8) is 0 Å². The van der Waals surface area contributed by atoms with E-state index in [1.54, 1.807) is 18.3 Å². The summed E-state index contributed by atoms with van der Waals surface area (Å²) in [7, 11) is 0. The van der Waals surface area contributed by atoms with Gasteiger partial charge in [-0.15, -0.1) is 10.2 Å². The number of nitrogens with zero attached hydrogens (tertiary/aromatic N) is 5. The van der Waals surface area contributed by atoms with Gasteiger partial charge in [-0.25, -0.2) is 0 Å². The Kier molecular flexibility index (Phi) is 5.24. The Balaban J connectivity index is 1.40. The number of carbonyl (C=O) groups is 2. The zero-order chi connectivity index (χ0) is 18.8. The van der Waals surface area contributed by atoms with E-state index >= 15 is 0 Å². The fourth-order valence-electron chi connectivity index (χ4n) is 4.03. The number of carbonyl (C=O) groups excluding carboxylic acids is 2. The van der Waals surface area contributed by atoms with Crippen molar-refractivity contribution in [2.75, 3.05) is 26.2 Å². The van der Waals surface area contributed by atoms with Crippen molar-refractivity contribution in [3.8, 4) is 0 Å². The highest BCUT2D eigenvalue weighted by Crippen LogP contribution is 2.28. The van der Waals surface area contributed by atoms with E-state index in [9.17, 15) is 9.59 Å². The third kappa shape index (κ3) is 3.90. The van der Waals surface area contributed by atoms with Crippen LogP contribution in [0.2, 0.25) is 0 Å².